The van der Waals surface area contributed by atoms with Gasteiger partial charge in [-0.2, -0.15) is 0 Å². The van der Waals surface area contributed by atoms with Crippen molar-refractivity contribution in [3.8, 4) is 5.75 Å². The fraction of sp³-hybridized carbons (Fsp3) is 0.300. The highest BCUT2D eigenvalue weighted by Crippen LogP contribution is 2.46. The number of aliphatic carboxylic acids is 1. The number of benzene rings is 1. The highest BCUT2D eigenvalue weighted by molar-refractivity contribution is 7.99. The lowest BCUT2D eigenvalue weighted by Gasteiger charge is -2.30. The highest BCUT2D eigenvalue weighted by atomic mass is 35.5. The predicted molar refractivity (Wildman–Crippen MR) is 60.0 cm³/mol. The number of hydrogen-bond donors (Lipinski definition) is 3. The minimum absolute atomic E-state index is 0.0909. The quantitative estimate of drug-likeness (QED) is 0.718. The van der Waals surface area contributed by atoms with Crippen LogP contribution in [0.3, 0.4) is 0 Å². The second kappa shape index (κ2) is 3.84. The highest BCUT2D eigenvalue weighted by Gasteiger charge is 2.43. The summed E-state index contributed by atoms with van der Waals surface area (Å²) in [6.07, 6.45) is 0.0970. The fourth-order valence-electron chi connectivity index (χ4n) is 1.70. The fourth-order valence-corrected chi connectivity index (χ4v) is 3.10. The Kier molecular flexibility index (Phi) is 2.77. The van der Waals surface area contributed by atoms with Crippen LogP contribution in [0.2, 0.25) is 5.02 Å². The zero-order chi connectivity index (χ0) is 11.9. The summed E-state index contributed by atoms with van der Waals surface area (Å²) in [6.45, 7) is 0. The lowest BCUT2D eigenvalue weighted by Crippen LogP contribution is -2.38. The molecule has 0 aromatic heterocycles. The SMILES string of the molecule is O=C(O)[C@@]1(O)CCSc2c(O)cc(Cl)cc21. The molecule has 0 spiro atoms. The lowest BCUT2D eigenvalue weighted by molar-refractivity contribution is -0.160. The molecule has 0 aliphatic carbocycles. The van der Waals surface area contributed by atoms with Crippen molar-refractivity contribution in [2.45, 2.75) is 16.9 Å². The van der Waals surface area contributed by atoms with Gasteiger partial charge in [-0.15, -0.1) is 11.8 Å². The van der Waals surface area contributed by atoms with Gasteiger partial charge in [0.05, 0.1) is 4.90 Å². The van der Waals surface area contributed by atoms with Gasteiger partial charge in [-0.1, -0.05) is 11.6 Å². The summed E-state index contributed by atoms with van der Waals surface area (Å²) in [5.74, 6) is -0.979. The van der Waals surface area contributed by atoms with Crippen LogP contribution in [0.15, 0.2) is 17.0 Å². The first-order valence-electron chi connectivity index (χ1n) is 4.56. The summed E-state index contributed by atoms with van der Waals surface area (Å²) in [4.78, 5) is 11.5. The van der Waals surface area contributed by atoms with E-state index in [1.807, 2.05) is 0 Å². The molecule has 0 saturated heterocycles. The van der Waals surface area contributed by atoms with E-state index in [9.17, 15) is 15.0 Å². The second-order valence-corrected chi connectivity index (χ2v) is 5.11. The van der Waals surface area contributed by atoms with Crippen molar-refractivity contribution in [3.05, 3.63) is 22.7 Å². The summed E-state index contributed by atoms with van der Waals surface area (Å²) in [5, 5.41) is 29.0. The molecule has 1 aliphatic heterocycles. The maximum absolute atomic E-state index is 11.1. The summed E-state index contributed by atoms with van der Waals surface area (Å²) >= 11 is 7.05. The largest absolute Gasteiger partial charge is 0.507 e. The zero-order valence-electron chi connectivity index (χ0n) is 8.11. The Morgan fingerprint density at radius 1 is 1.50 bits per heavy atom. The lowest BCUT2D eigenvalue weighted by atomic mass is 9.90. The summed E-state index contributed by atoms with van der Waals surface area (Å²) < 4.78 is 0. The maximum Gasteiger partial charge on any atom is 0.340 e. The first-order chi connectivity index (χ1) is 7.45. The minimum Gasteiger partial charge on any atom is -0.507 e. The Bertz CT molecular complexity index is 462. The van der Waals surface area contributed by atoms with Gasteiger partial charge >= 0.3 is 5.97 Å². The predicted octanol–water partition coefficient (Wildman–Crippen LogP) is 1.81. The van der Waals surface area contributed by atoms with Crippen molar-refractivity contribution in [2.24, 2.45) is 0 Å². The average molecular weight is 261 g/mol. The Hall–Kier alpha value is -0.910. The van der Waals surface area contributed by atoms with E-state index in [0.29, 0.717) is 10.6 Å². The molecule has 1 aromatic rings. The van der Waals surface area contributed by atoms with Crippen LogP contribution in [-0.2, 0) is 10.4 Å². The molecule has 0 unspecified atom stereocenters. The molecule has 3 N–H and O–H groups in total. The van der Waals surface area contributed by atoms with Gasteiger partial charge in [-0.25, -0.2) is 4.79 Å². The van der Waals surface area contributed by atoms with Crippen LogP contribution in [0.1, 0.15) is 12.0 Å². The minimum atomic E-state index is -1.96. The molecule has 0 amide bonds. The Balaban J connectivity index is 2.67. The van der Waals surface area contributed by atoms with Gasteiger partial charge in [0.1, 0.15) is 5.75 Å². The molecular formula is C10H9ClO4S. The van der Waals surface area contributed by atoms with Crippen LogP contribution >= 0.6 is 23.4 Å². The smallest absolute Gasteiger partial charge is 0.340 e. The number of carboxylic acids is 1. The third-order valence-electron chi connectivity index (χ3n) is 2.54. The van der Waals surface area contributed by atoms with Crippen molar-refractivity contribution in [3.63, 3.8) is 0 Å². The number of fused-ring (bicyclic) bond motifs is 1. The number of thioether (sulfide) groups is 1. The Labute approximate surface area is 101 Å². The van der Waals surface area contributed by atoms with Gasteiger partial charge < -0.3 is 15.3 Å². The first-order valence-corrected chi connectivity index (χ1v) is 5.93. The third kappa shape index (κ3) is 1.65. The number of aliphatic hydroxyl groups is 1. The summed E-state index contributed by atoms with van der Waals surface area (Å²) in [7, 11) is 0. The molecule has 86 valence electrons. The number of halogens is 1. The molecule has 0 bridgehead atoms. The van der Waals surface area contributed by atoms with E-state index < -0.39 is 11.6 Å². The van der Waals surface area contributed by atoms with Gasteiger partial charge in [-0.3, -0.25) is 0 Å². The van der Waals surface area contributed by atoms with Gasteiger partial charge in [0, 0.05) is 22.8 Å². The third-order valence-corrected chi connectivity index (χ3v) is 3.89. The van der Waals surface area contributed by atoms with Crippen LogP contribution in [0.5, 0.6) is 5.75 Å². The Morgan fingerprint density at radius 2 is 2.19 bits per heavy atom. The van der Waals surface area contributed by atoms with E-state index in [1.165, 1.54) is 23.9 Å². The molecule has 0 saturated carbocycles. The van der Waals surface area contributed by atoms with Crippen molar-refractivity contribution >= 4 is 29.3 Å². The summed E-state index contributed by atoms with van der Waals surface area (Å²) in [5.41, 5.74) is -1.79. The molecular weight excluding hydrogens is 252 g/mol. The van der Waals surface area contributed by atoms with Gasteiger partial charge in [0.25, 0.3) is 0 Å². The van der Waals surface area contributed by atoms with Crippen LogP contribution in [0.4, 0.5) is 0 Å². The monoisotopic (exact) mass is 260 g/mol. The summed E-state index contributed by atoms with van der Waals surface area (Å²) in [6, 6.07) is 2.72. The van der Waals surface area contributed by atoms with Crippen molar-refractivity contribution < 1.29 is 20.1 Å². The topological polar surface area (TPSA) is 77.8 Å². The van der Waals surface area contributed by atoms with E-state index in [4.69, 9.17) is 16.7 Å². The normalized spacial score (nSPS) is 23.9. The second-order valence-electron chi connectivity index (χ2n) is 3.57. The van der Waals surface area contributed by atoms with Crippen LogP contribution in [0, 0.1) is 0 Å². The number of phenolic OH excluding ortho intramolecular Hbond substituents is 1. The molecule has 1 atom stereocenters. The molecule has 0 fully saturated rings. The molecule has 0 radical (unpaired) electrons. The first kappa shape index (κ1) is 11.6. The molecule has 1 heterocycles. The van der Waals surface area contributed by atoms with Gasteiger partial charge in [0.2, 0.25) is 0 Å². The van der Waals surface area contributed by atoms with E-state index in [0.717, 1.165) is 0 Å². The van der Waals surface area contributed by atoms with Crippen molar-refractivity contribution in [1.82, 2.24) is 0 Å². The van der Waals surface area contributed by atoms with E-state index >= 15 is 0 Å². The zero-order valence-corrected chi connectivity index (χ0v) is 9.68. The van der Waals surface area contributed by atoms with Gasteiger partial charge in [-0.05, 0) is 12.1 Å². The van der Waals surface area contributed by atoms with Crippen LogP contribution in [0.25, 0.3) is 0 Å². The standard InChI is InChI=1S/C10H9ClO4S/c11-5-3-6-8(7(12)4-5)16-2-1-10(6,15)9(13)14/h3-4,12,15H,1-2H2,(H,13,14)/t10-/m1/s1. The molecule has 6 heteroatoms. The maximum atomic E-state index is 11.1. The molecule has 2 rings (SSSR count). The van der Waals surface area contributed by atoms with Crippen LogP contribution in [-0.4, -0.2) is 27.0 Å². The van der Waals surface area contributed by atoms with Crippen LogP contribution < -0.4 is 0 Å². The number of carbonyl (C=O) groups is 1. The Morgan fingerprint density at radius 3 is 2.81 bits per heavy atom. The van der Waals surface area contributed by atoms with Crippen molar-refractivity contribution in [1.29, 1.82) is 0 Å². The molecule has 16 heavy (non-hydrogen) atoms. The number of aromatic hydroxyl groups is 1. The number of rotatable bonds is 1. The molecule has 1 aromatic carbocycles. The number of carboxylic acid groups (broad SMARTS) is 1. The molecule has 1 aliphatic rings. The number of phenols is 1. The van der Waals surface area contributed by atoms with E-state index in [1.54, 1.807) is 0 Å². The van der Waals surface area contributed by atoms with Crippen molar-refractivity contribution in [2.75, 3.05) is 5.75 Å². The van der Waals surface area contributed by atoms with Gasteiger partial charge in [0.15, 0.2) is 5.60 Å². The average Bonchev–Trinajstić information content (AvgIpc) is 2.19. The molecule has 4 nitrogen and oxygen atoms in total. The van der Waals surface area contributed by atoms with E-state index in [-0.39, 0.29) is 22.8 Å². The van der Waals surface area contributed by atoms with E-state index in [2.05, 4.69) is 0 Å². The number of hydrogen-bond acceptors (Lipinski definition) is 4.